The number of nitrogens with zero attached hydrogens (tertiary/aromatic N) is 3. The maximum Gasteiger partial charge on any atom is 0.254 e. The number of benzene rings is 1. The molecule has 1 saturated heterocycles. The molecule has 25 heavy (non-hydrogen) atoms. The van der Waals surface area contributed by atoms with Gasteiger partial charge in [-0.25, -0.2) is 9.88 Å². The largest absolute Gasteiger partial charge is 0.334 e. The summed E-state index contributed by atoms with van der Waals surface area (Å²) in [5.74, 6) is -0.465. The number of thiazole rings is 1. The van der Waals surface area contributed by atoms with E-state index in [0.717, 1.165) is 9.60 Å². The van der Waals surface area contributed by atoms with Crippen molar-refractivity contribution in [1.29, 1.82) is 0 Å². The Morgan fingerprint density at radius 3 is 2.28 bits per heavy atom. The number of aromatic nitrogens is 1. The molecule has 1 aromatic carbocycles. The number of rotatable bonds is 4. The summed E-state index contributed by atoms with van der Waals surface area (Å²) in [6.45, 7) is 7.97. The number of carbonyl (C=O) groups excluding carboxylic acids is 3. The van der Waals surface area contributed by atoms with Gasteiger partial charge in [0.15, 0.2) is 5.13 Å². The van der Waals surface area contributed by atoms with E-state index in [-0.39, 0.29) is 42.6 Å². The minimum atomic E-state index is -0.217. The summed E-state index contributed by atoms with van der Waals surface area (Å²) in [6, 6.07) is 5.51. The van der Waals surface area contributed by atoms with E-state index >= 15 is 0 Å². The quantitative estimate of drug-likeness (QED) is 0.786. The van der Waals surface area contributed by atoms with Crippen LogP contribution >= 0.6 is 11.3 Å². The molecule has 0 aliphatic carbocycles. The van der Waals surface area contributed by atoms with Crippen LogP contribution in [0.5, 0.6) is 0 Å². The van der Waals surface area contributed by atoms with Crippen LogP contribution in [-0.4, -0.2) is 39.7 Å². The van der Waals surface area contributed by atoms with Crippen molar-refractivity contribution in [1.82, 2.24) is 9.88 Å². The number of fused-ring (bicyclic) bond motifs is 1. The molecule has 0 saturated carbocycles. The first kappa shape index (κ1) is 17.5. The van der Waals surface area contributed by atoms with Crippen LogP contribution in [-0.2, 0) is 9.59 Å². The minimum Gasteiger partial charge on any atom is -0.334 e. The molecule has 3 rings (SSSR count). The topological polar surface area (TPSA) is 70.6 Å². The predicted octanol–water partition coefficient (Wildman–Crippen LogP) is 3.21. The number of hydrogen-bond acceptors (Lipinski definition) is 5. The third kappa shape index (κ3) is 3.16. The summed E-state index contributed by atoms with van der Waals surface area (Å²) in [7, 11) is 0. The third-order valence-electron chi connectivity index (χ3n) is 4.21. The number of imide groups is 1. The lowest BCUT2D eigenvalue weighted by molar-refractivity contribution is -0.121. The number of hydrogen-bond donors (Lipinski definition) is 0. The maximum atomic E-state index is 12.8. The highest BCUT2D eigenvalue weighted by molar-refractivity contribution is 7.22. The molecule has 0 unspecified atom stereocenters. The molecule has 7 heteroatoms. The Morgan fingerprint density at radius 2 is 1.72 bits per heavy atom. The molecule has 2 heterocycles. The van der Waals surface area contributed by atoms with Gasteiger partial charge in [-0.05, 0) is 45.9 Å². The molecule has 0 bridgehead atoms. The summed E-state index contributed by atoms with van der Waals surface area (Å²) in [4.78, 5) is 44.0. The van der Waals surface area contributed by atoms with E-state index < -0.39 is 0 Å². The van der Waals surface area contributed by atoms with E-state index in [0.29, 0.717) is 16.2 Å². The lowest BCUT2D eigenvalue weighted by Crippen LogP contribution is -2.42. The van der Waals surface area contributed by atoms with Crippen molar-refractivity contribution in [2.75, 3.05) is 4.90 Å². The van der Waals surface area contributed by atoms with Crippen LogP contribution in [0.25, 0.3) is 10.2 Å². The lowest BCUT2D eigenvalue weighted by Gasteiger charge is -2.30. The zero-order valence-corrected chi connectivity index (χ0v) is 15.6. The standard InChI is InChI=1S/C18H21N3O3S/c1-10(2)20(11(3)4)17(24)12-5-6-13-14(9-12)25-18(19-13)21-15(22)7-8-16(21)23/h5-6,9-11H,7-8H2,1-4H3. The minimum absolute atomic E-state index is 0.0322. The van der Waals surface area contributed by atoms with Crippen molar-refractivity contribution in [3.05, 3.63) is 23.8 Å². The zero-order valence-electron chi connectivity index (χ0n) is 14.8. The number of anilines is 1. The Hall–Kier alpha value is -2.28. The molecule has 0 atom stereocenters. The van der Waals surface area contributed by atoms with Crippen LogP contribution in [0.15, 0.2) is 18.2 Å². The third-order valence-corrected chi connectivity index (χ3v) is 5.22. The molecule has 0 radical (unpaired) electrons. The predicted molar refractivity (Wildman–Crippen MR) is 97.8 cm³/mol. The smallest absolute Gasteiger partial charge is 0.254 e. The summed E-state index contributed by atoms with van der Waals surface area (Å²) < 4.78 is 0.792. The fourth-order valence-electron chi connectivity index (χ4n) is 3.15. The van der Waals surface area contributed by atoms with Gasteiger partial charge in [-0.3, -0.25) is 14.4 Å². The van der Waals surface area contributed by atoms with Crippen LogP contribution in [0.1, 0.15) is 50.9 Å². The van der Waals surface area contributed by atoms with Crippen molar-refractivity contribution < 1.29 is 14.4 Å². The molecule has 132 valence electrons. The Balaban J connectivity index is 1.97. The zero-order chi connectivity index (χ0) is 18.3. The molecule has 2 aromatic rings. The summed E-state index contributed by atoms with van der Waals surface area (Å²) >= 11 is 1.26. The van der Waals surface area contributed by atoms with E-state index in [9.17, 15) is 14.4 Å². The van der Waals surface area contributed by atoms with Gasteiger partial charge in [-0.1, -0.05) is 11.3 Å². The average Bonchev–Trinajstić information content (AvgIpc) is 3.08. The van der Waals surface area contributed by atoms with Gasteiger partial charge in [-0.2, -0.15) is 0 Å². The molecule has 1 aliphatic rings. The molecular formula is C18H21N3O3S. The van der Waals surface area contributed by atoms with Gasteiger partial charge in [0, 0.05) is 30.5 Å². The summed E-state index contributed by atoms with van der Waals surface area (Å²) in [5.41, 5.74) is 1.27. The van der Waals surface area contributed by atoms with Crippen molar-refractivity contribution >= 4 is 44.4 Å². The Labute approximate surface area is 150 Å². The molecule has 3 amide bonds. The summed E-state index contributed by atoms with van der Waals surface area (Å²) in [6.07, 6.45) is 0.465. The molecule has 0 N–H and O–H groups in total. The van der Waals surface area contributed by atoms with Crippen molar-refractivity contribution in [2.24, 2.45) is 0 Å². The molecular weight excluding hydrogens is 338 g/mol. The first-order valence-corrected chi connectivity index (χ1v) is 9.20. The van der Waals surface area contributed by atoms with Crippen LogP contribution in [0, 0.1) is 0 Å². The second-order valence-corrected chi connectivity index (χ2v) is 7.71. The van der Waals surface area contributed by atoms with E-state index in [4.69, 9.17) is 0 Å². The van der Waals surface area contributed by atoms with Crippen molar-refractivity contribution in [3.8, 4) is 0 Å². The van der Waals surface area contributed by atoms with Gasteiger partial charge in [0.05, 0.1) is 10.2 Å². The monoisotopic (exact) mass is 359 g/mol. The molecule has 1 fully saturated rings. The van der Waals surface area contributed by atoms with Gasteiger partial charge in [0.1, 0.15) is 0 Å². The highest BCUT2D eigenvalue weighted by atomic mass is 32.1. The highest BCUT2D eigenvalue weighted by Crippen LogP contribution is 2.32. The van der Waals surface area contributed by atoms with Gasteiger partial charge >= 0.3 is 0 Å². The van der Waals surface area contributed by atoms with Crippen LogP contribution in [0.3, 0.4) is 0 Å². The van der Waals surface area contributed by atoms with Gasteiger partial charge in [0.25, 0.3) is 5.91 Å². The van der Waals surface area contributed by atoms with Crippen LogP contribution in [0.4, 0.5) is 5.13 Å². The van der Waals surface area contributed by atoms with Gasteiger partial charge < -0.3 is 4.90 Å². The lowest BCUT2D eigenvalue weighted by atomic mass is 10.1. The number of carbonyl (C=O) groups is 3. The second kappa shape index (κ2) is 6.55. The highest BCUT2D eigenvalue weighted by Gasteiger charge is 2.32. The SMILES string of the molecule is CC(C)N(C(=O)c1ccc2nc(N3C(=O)CCC3=O)sc2c1)C(C)C. The van der Waals surface area contributed by atoms with E-state index in [1.165, 1.54) is 11.3 Å². The Kier molecular flexibility index (Phi) is 4.60. The normalized spacial score (nSPS) is 15.0. The molecule has 1 aliphatic heterocycles. The Bertz CT molecular complexity index is 832. The molecule has 1 aromatic heterocycles. The second-order valence-electron chi connectivity index (χ2n) is 6.70. The van der Waals surface area contributed by atoms with E-state index in [2.05, 4.69) is 4.98 Å². The first-order valence-electron chi connectivity index (χ1n) is 8.38. The van der Waals surface area contributed by atoms with Gasteiger partial charge in [-0.15, -0.1) is 0 Å². The van der Waals surface area contributed by atoms with Crippen LogP contribution in [0.2, 0.25) is 0 Å². The maximum absolute atomic E-state index is 12.8. The molecule has 0 spiro atoms. The number of amides is 3. The van der Waals surface area contributed by atoms with E-state index in [1.807, 2.05) is 32.6 Å². The average molecular weight is 359 g/mol. The fraction of sp³-hybridized carbons (Fsp3) is 0.444. The Morgan fingerprint density at radius 1 is 1.12 bits per heavy atom. The first-order chi connectivity index (χ1) is 11.8. The van der Waals surface area contributed by atoms with Crippen molar-refractivity contribution in [3.63, 3.8) is 0 Å². The fourth-order valence-corrected chi connectivity index (χ4v) is 4.19. The van der Waals surface area contributed by atoms with Crippen molar-refractivity contribution in [2.45, 2.75) is 52.6 Å². The van der Waals surface area contributed by atoms with Gasteiger partial charge in [0.2, 0.25) is 11.8 Å². The van der Waals surface area contributed by atoms with Crippen LogP contribution < -0.4 is 4.90 Å². The van der Waals surface area contributed by atoms with E-state index in [1.54, 1.807) is 18.2 Å². The molecule has 6 nitrogen and oxygen atoms in total. The summed E-state index contributed by atoms with van der Waals surface area (Å²) in [5, 5.41) is 0.386.